The fourth-order valence-electron chi connectivity index (χ4n) is 7.12. The molecule has 1 unspecified atom stereocenters. The third-order valence-corrected chi connectivity index (χ3v) is 11.2. The number of hydrogen-bond acceptors (Lipinski definition) is 6. The van der Waals surface area contributed by atoms with E-state index >= 15 is 0 Å². The maximum atomic E-state index is 12.5. The summed E-state index contributed by atoms with van der Waals surface area (Å²) < 4.78 is 16.6. The second kappa shape index (κ2) is 42.6. The van der Waals surface area contributed by atoms with Crippen LogP contribution in [0.2, 0.25) is 0 Å². The molecule has 0 rings (SSSR count). The minimum Gasteiger partial charge on any atom is -0.462 e. The minimum absolute atomic E-state index is 0.0653. The van der Waals surface area contributed by atoms with Crippen molar-refractivity contribution in [3.05, 3.63) is 0 Å². The predicted octanol–water partition coefficient (Wildman–Crippen LogP) is 15.1. The molecule has 0 fully saturated rings. The zero-order valence-corrected chi connectivity index (χ0v) is 36.7. The normalized spacial score (nSPS) is 12.4. The van der Waals surface area contributed by atoms with Crippen molar-refractivity contribution < 1.29 is 28.6 Å². The molecule has 0 aromatic carbocycles. The smallest absolute Gasteiger partial charge is 0.306 e. The summed E-state index contributed by atoms with van der Waals surface area (Å²) >= 11 is 0. The summed E-state index contributed by atoms with van der Waals surface area (Å²) in [6, 6.07) is 0. The molecule has 2 atom stereocenters. The van der Waals surface area contributed by atoms with Gasteiger partial charge in [0.1, 0.15) is 13.2 Å². The molecule has 0 aliphatic carbocycles. The maximum absolute atomic E-state index is 12.5. The second-order valence-corrected chi connectivity index (χ2v) is 16.6. The monoisotopic (exact) mass is 765 g/mol. The van der Waals surface area contributed by atoms with Crippen LogP contribution >= 0.6 is 0 Å². The quantitative estimate of drug-likeness (QED) is 0.0349. The highest BCUT2D eigenvalue weighted by Crippen LogP contribution is 2.17. The van der Waals surface area contributed by atoms with Gasteiger partial charge in [-0.15, -0.1) is 0 Å². The molecule has 0 N–H and O–H groups in total. The van der Waals surface area contributed by atoms with Gasteiger partial charge < -0.3 is 14.2 Å². The average molecular weight is 765 g/mol. The van der Waals surface area contributed by atoms with Gasteiger partial charge in [-0.3, -0.25) is 14.4 Å². The lowest BCUT2D eigenvalue weighted by molar-refractivity contribution is -0.167. The van der Waals surface area contributed by atoms with Crippen LogP contribution < -0.4 is 0 Å². The van der Waals surface area contributed by atoms with Crippen LogP contribution in [-0.2, 0) is 28.6 Å². The maximum Gasteiger partial charge on any atom is 0.306 e. The number of unbranched alkanes of at least 4 members (excludes halogenated alkanes) is 29. The Morgan fingerprint density at radius 2 is 0.648 bits per heavy atom. The largest absolute Gasteiger partial charge is 0.462 e. The Hall–Kier alpha value is -1.59. The summed E-state index contributed by atoms with van der Waals surface area (Å²) in [7, 11) is 0. The molecule has 0 heterocycles. The first-order chi connectivity index (χ1) is 26.4. The van der Waals surface area contributed by atoms with Crippen LogP contribution in [-0.4, -0.2) is 37.2 Å². The Labute approximate surface area is 336 Å². The lowest BCUT2D eigenvalue weighted by Gasteiger charge is -2.18. The number of ether oxygens (including phenoxy) is 3. The van der Waals surface area contributed by atoms with E-state index in [2.05, 4.69) is 27.7 Å². The van der Waals surface area contributed by atoms with Gasteiger partial charge in [-0.05, 0) is 25.2 Å². The van der Waals surface area contributed by atoms with Crippen LogP contribution in [0, 0.1) is 5.92 Å². The SMILES string of the molecule is CCCCCCCCCCCCCCCCCCCCCC(=O)OC[C@H](COC(=O)CCCCCCCCCCC(C)CC)OC(=O)CCCCCCC. The number of hydrogen-bond donors (Lipinski definition) is 0. The van der Waals surface area contributed by atoms with Crippen molar-refractivity contribution in [2.45, 2.75) is 271 Å². The summed E-state index contributed by atoms with van der Waals surface area (Å²) in [6.07, 6.45) is 42.7. The first kappa shape index (κ1) is 52.4. The molecular weight excluding hydrogens is 673 g/mol. The van der Waals surface area contributed by atoms with E-state index in [0.29, 0.717) is 19.3 Å². The molecule has 0 bridgehead atoms. The summed E-state index contributed by atoms with van der Waals surface area (Å²) in [5.74, 6) is -0.0201. The van der Waals surface area contributed by atoms with Crippen molar-refractivity contribution in [3.8, 4) is 0 Å². The average Bonchev–Trinajstić information content (AvgIpc) is 3.17. The van der Waals surface area contributed by atoms with Crippen molar-refractivity contribution >= 4 is 17.9 Å². The van der Waals surface area contributed by atoms with Crippen molar-refractivity contribution in [2.75, 3.05) is 13.2 Å². The lowest BCUT2D eigenvalue weighted by Crippen LogP contribution is -2.30. The lowest BCUT2D eigenvalue weighted by atomic mass is 9.99. The van der Waals surface area contributed by atoms with Gasteiger partial charge in [-0.2, -0.15) is 0 Å². The van der Waals surface area contributed by atoms with Crippen molar-refractivity contribution in [2.24, 2.45) is 5.92 Å². The zero-order valence-electron chi connectivity index (χ0n) is 36.7. The number of esters is 3. The molecule has 0 radical (unpaired) electrons. The first-order valence-electron chi connectivity index (χ1n) is 23.9. The Bertz CT molecular complexity index is 813. The Morgan fingerprint density at radius 3 is 0.963 bits per heavy atom. The van der Waals surface area contributed by atoms with Gasteiger partial charge in [0.2, 0.25) is 0 Å². The van der Waals surface area contributed by atoms with Gasteiger partial charge in [-0.25, -0.2) is 0 Å². The molecule has 0 aliphatic heterocycles. The van der Waals surface area contributed by atoms with Gasteiger partial charge in [0.05, 0.1) is 0 Å². The zero-order chi connectivity index (χ0) is 39.6. The first-order valence-corrected chi connectivity index (χ1v) is 23.9. The Balaban J connectivity index is 4.07. The molecule has 0 spiro atoms. The number of carbonyl (C=O) groups is 3. The molecule has 0 aromatic heterocycles. The molecule has 6 nitrogen and oxygen atoms in total. The topological polar surface area (TPSA) is 78.9 Å². The number of rotatable bonds is 43. The summed E-state index contributed by atoms with van der Waals surface area (Å²) in [5.41, 5.74) is 0. The molecule has 54 heavy (non-hydrogen) atoms. The fraction of sp³-hybridized carbons (Fsp3) is 0.938. The fourth-order valence-corrected chi connectivity index (χ4v) is 7.12. The van der Waals surface area contributed by atoms with Gasteiger partial charge in [0.15, 0.2) is 6.10 Å². The van der Waals surface area contributed by atoms with Crippen molar-refractivity contribution in [1.29, 1.82) is 0 Å². The highest BCUT2D eigenvalue weighted by Gasteiger charge is 2.19. The highest BCUT2D eigenvalue weighted by molar-refractivity contribution is 5.71. The number of carbonyl (C=O) groups excluding carboxylic acids is 3. The van der Waals surface area contributed by atoms with E-state index in [0.717, 1.165) is 70.1 Å². The van der Waals surface area contributed by atoms with Crippen LogP contribution in [0.1, 0.15) is 265 Å². The molecule has 320 valence electrons. The van der Waals surface area contributed by atoms with E-state index in [-0.39, 0.29) is 31.1 Å². The predicted molar refractivity (Wildman–Crippen MR) is 229 cm³/mol. The van der Waals surface area contributed by atoms with E-state index in [9.17, 15) is 14.4 Å². The summed E-state index contributed by atoms with van der Waals surface area (Å²) in [5, 5.41) is 0. The van der Waals surface area contributed by atoms with Crippen molar-refractivity contribution in [1.82, 2.24) is 0 Å². The Morgan fingerprint density at radius 1 is 0.370 bits per heavy atom. The highest BCUT2D eigenvalue weighted by atomic mass is 16.6. The van der Waals surface area contributed by atoms with Gasteiger partial charge in [0.25, 0.3) is 0 Å². The van der Waals surface area contributed by atoms with Crippen LogP contribution in [0.15, 0.2) is 0 Å². The van der Waals surface area contributed by atoms with E-state index < -0.39 is 6.10 Å². The van der Waals surface area contributed by atoms with Crippen molar-refractivity contribution in [3.63, 3.8) is 0 Å². The van der Waals surface area contributed by atoms with E-state index in [4.69, 9.17) is 14.2 Å². The molecule has 6 heteroatoms. The van der Waals surface area contributed by atoms with Gasteiger partial charge in [0, 0.05) is 19.3 Å². The van der Waals surface area contributed by atoms with E-state index in [1.165, 1.54) is 154 Å². The summed E-state index contributed by atoms with van der Waals surface area (Å²) in [6.45, 7) is 8.93. The van der Waals surface area contributed by atoms with E-state index in [1.54, 1.807) is 0 Å². The Kier molecular flexibility index (Phi) is 41.3. The molecule has 0 saturated carbocycles. The third kappa shape index (κ3) is 40.1. The third-order valence-electron chi connectivity index (χ3n) is 11.2. The second-order valence-electron chi connectivity index (χ2n) is 16.6. The van der Waals surface area contributed by atoms with Gasteiger partial charge in [-0.1, -0.05) is 227 Å². The standard InChI is InChI=1S/C48H92O6/c1-5-8-10-12-13-14-15-16-17-18-19-20-21-22-23-24-28-32-35-39-46(49)52-42-45(54-48(51)41-37-30-11-9-6-2)43-53-47(50)40-36-33-29-26-25-27-31-34-38-44(4)7-3/h44-45H,5-43H2,1-4H3/t44?,45-/m1/s1. The molecule has 0 aliphatic rings. The molecule has 0 aromatic rings. The molecule has 0 saturated heterocycles. The van der Waals surface area contributed by atoms with Crippen LogP contribution in [0.4, 0.5) is 0 Å². The van der Waals surface area contributed by atoms with E-state index in [1.807, 2.05) is 0 Å². The van der Waals surface area contributed by atoms with Crippen LogP contribution in [0.3, 0.4) is 0 Å². The molecule has 0 amide bonds. The van der Waals surface area contributed by atoms with Crippen LogP contribution in [0.5, 0.6) is 0 Å². The summed E-state index contributed by atoms with van der Waals surface area (Å²) in [4.78, 5) is 37.5. The molecular formula is C48H92O6. The van der Waals surface area contributed by atoms with Gasteiger partial charge >= 0.3 is 17.9 Å². The minimum atomic E-state index is -0.758. The van der Waals surface area contributed by atoms with Crippen LogP contribution in [0.25, 0.3) is 0 Å².